The Balaban J connectivity index is 2.37. The molecule has 0 bridgehead atoms. The first-order chi connectivity index (χ1) is 15.0. The van der Waals surface area contributed by atoms with E-state index in [9.17, 15) is 40.3 Å². The van der Waals surface area contributed by atoms with Crippen LogP contribution < -0.4 is 10.6 Å². The van der Waals surface area contributed by atoms with Crippen molar-refractivity contribution in [2.45, 2.75) is 31.5 Å². The molecule has 0 radical (unpaired) electrons. The first kappa shape index (κ1) is 27.0. The lowest BCUT2D eigenvalue weighted by Gasteiger charge is -2.30. The van der Waals surface area contributed by atoms with Gasteiger partial charge in [-0.05, 0) is 29.8 Å². The zero-order valence-corrected chi connectivity index (χ0v) is 18.5. The molecule has 0 aliphatic heterocycles. The van der Waals surface area contributed by atoms with Gasteiger partial charge in [-0.25, -0.2) is 4.39 Å². The van der Waals surface area contributed by atoms with Crippen molar-refractivity contribution in [2.75, 3.05) is 5.32 Å². The maximum Gasteiger partial charge on any atom is 0.435 e. The lowest BCUT2D eigenvalue weighted by atomic mass is 9.94. The number of nitrogens with one attached hydrogen (secondary N) is 2. The Morgan fingerprint density at radius 2 is 1.36 bits per heavy atom. The normalized spacial score (nSPS) is 12.5. The molecule has 0 fully saturated rings. The number of benzene rings is 2. The summed E-state index contributed by atoms with van der Waals surface area (Å²) in [6.07, 6.45) is -12.7. The lowest BCUT2D eigenvalue weighted by molar-refractivity contribution is -0.348. The lowest BCUT2D eigenvalue weighted by Crippen LogP contribution is -2.50. The van der Waals surface area contributed by atoms with Crippen LogP contribution in [0.5, 0.6) is 0 Å². The molecule has 2 rings (SSSR count). The molecular weight excluding hydrogens is 528 g/mol. The van der Waals surface area contributed by atoms with E-state index in [-0.39, 0.29) is 35.2 Å². The summed E-state index contributed by atoms with van der Waals surface area (Å²) in [5, 5.41) is 2.98. The van der Waals surface area contributed by atoms with Gasteiger partial charge in [-0.15, -0.1) is 0 Å². The molecule has 0 heterocycles. The molecule has 0 saturated carbocycles. The average Bonchev–Trinajstić information content (AvgIpc) is 2.66. The van der Waals surface area contributed by atoms with E-state index in [1.165, 1.54) is 25.1 Å². The monoisotopic (exact) mass is 538 g/mol. The van der Waals surface area contributed by atoms with E-state index in [4.69, 9.17) is 34.8 Å². The van der Waals surface area contributed by atoms with Crippen LogP contribution in [0.1, 0.15) is 28.4 Å². The number of hydrogen-bond donors (Lipinski definition) is 2. The largest absolute Gasteiger partial charge is 0.435 e. The summed E-state index contributed by atoms with van der Waals surface area (Å²) < 4.78 is 92.0. The molecule has 2 amide bonds. The van der Waals surface area contributed by atoms with Crippen LogP contribution in [0.4, 0.5) is 36.4 Å². The highest BCUT2D eigenvalue weighted by Crippen LogP contribution is 2.54. The van der Waals surface area contributed by atoms with Crippen molar-refractivity contribution < 1.29 is 40.3 Å². The molecule has 2 N–H and O–H groups in total. The molecule has 2 aromatic carbocycles. The van der Waals surface area contributed by atoms with Gasteiger partial charge in [0, 0.05) is 29.6 Å². The minimum Gasteiger partial charge on any atom is -0.352 e. The third-order valence-electron chi connectivity index (χ3n) is 4.30. The zero-order chi connectivity index (χ0) is 25.4. The maximum absolute atomic E-state index is 14.3. The van der Waals surface area contributed by atoms with E-state index in [0.717, 1.165) is 0 Å². The average molecular weight is 540 g/mol. The highest BCUT2D eigenvalue weighted by molar-refractivity contribution is 6.40. The Labute approximate surface area is 197 Å². The van der Waals surface area contributed by atoms with Gasteiger partial charge in [0.2, 0.25) is 5.91 Å². The molecule has 180 valence electrons. The number of anilines is 1. The predicted octanol–water partition coefficient (Wildman–Crippen LogP) is 6.82. The number of hydrogen-bond acceptors (Lipinski definition) is 2. The highest BCUT2D eigenvalue weighted by Gasteiger charge is 2.73. The van der Waals surface area contributed by atoms with Crippen molar-refractivity contribution in [1.82, 2.24) is 5.32 Å². The van der Waals surface area contributed by atoms with Gasteiger partial charge in [0.05, 0.1) is 15.7 Å². The Morgan fingerprint density at radius 1 is 0.848 bits per heavy atom. The van der Waals surface area contributed by atoms with Crippen LogP contribution in [0.2, 0.25) is 15.1 Å². The molecule has 4 nitrogen and oxygen atoms in total. The first-order valence-electron chi connectivity index (χ1n) is 8.65. The molecule has 33 heavy (non-hydrogen) atoms. The summed E-state index contributed by atoms with van der Waals surface area (Å²) in [4.78, 5) is 23.4. The molecule has 0 saturated heterocycles. The Bertz CT molecular complexity index is 1050. The van der Waals surface area contributed by atoms with Crippen LogP contribution in [0.3, 0.4) is 0 Å². The molecule has 2 aromatic rings. The van der Waals surface area contributed by atoms with Crippen LogP contribution in [0.15, 0.2) is 30.3 Å². The van der Waals surface area contributed by atoms with Gasteiger partial charge in [0.25, 0.3) is 5.91 Å². The number of amides is 2. The van der Waals surface area contributed by atoms with Crippen LogP contribution in [0, 0.1) is 0 Å². The van der Waals surface area contributed by atoms with Gasteiger partial charge in [-0.3, -0.25) is 9.59 Å². The van der Waals surface area contributed by atoms with Crippen molar-refractivity contribution in [2.24, 2.45) is 0 Å². The molecule has 0 unspecified atom stereocenters. The standard InChI is InChI=1S/C19H12Cl3F7N2O2/c1-8(32)30-7-10-3-2-9(4-12(10)20)16(33)31-15-13(21)5-11(6-14(15)22)17(23,18(24,25)26)19(27,28)29/h2-6H,7H2,1H3,(H,30,32)(H,31,33). The highest BCUT2D eigenvalue weighted by atomic mass is 35.5. The van der Waals surface area contributed by atoms with Crippen molar-refractivity contribution >= 4 is 52.3 Å². The summed E-state index contributed by atoms with van der Waals surface area (Å²) in [6.45, 7) is 1.35. The fraction of sp³-hybridized carbons (Fsp3) is 0.263. The van der Waals surface area contributed by atoms with Crippen LogP contribution >= 0.6 is 34.8 Å². The quantitative estimate of drug-likeness (QED) is 0.410. The van der Waals surface area contributed by atoms with Crippen LogP contribution in [-0.4, -0.2) is 24.2 Å². The SMILES string of the molecule is CC(=O)NCc1ccc(C(=O)Nc2c(Cl)cc(C(F)(C(F)(F)F)C(F)(F)F)cc2Cl)cc1Cl. The van der Waals surface area contributed by atoms with E-state index in [0.29, 0.717) is 5.56 Å². The fourth-order valence-corrected chi connectivity index (χ4v) is 3.45. The predicted molar refractivity (Wildman–Crippen MR) is 108 cm³/mol. The van der Waals surface area contributed by atoms with Gasteiger partial charge >= 0.3 is 18.0 Å². The molecule has 0 spiro atoms. The van der Waals surface area contributed by atoms with Gasteiger partial charge in [0.1, 0.15) is 0 Å². The van der Waals surface area contributed by atoms with Gasteiger partial charge < -0.3 is 10.6 Å². The van der Waals surface area contributed by atoms with E-state index < -0.39 is 45.2 Å². The Kier molecular flexibility index (Phi) is 7.82. The molecular formula is C19H12Cl3F7N2O2. The fourth-order valence-electron chi connectivity index (χ4n) is 2.62. The van der Waals surface area contributed by atoms with Crippen molar-refractivity contribution in [3.05, 3.63) is 62.1 Å². The number of rotatable bonds is 5. The van der Waals surface area contributed by atoms with Gasteiger partial charge in [0.15, 0.2) is 0 Å². The second kappa shape index (κ2) is 9.55. The number of carbonyl (C=O) groups excluding carboxylic acids is 2. The van der Waals surface area contributed by atoms with Crippen molar-refractivity contribution in [3.63, 3.8) is 0 Å². The van der Waals surface area contributed by atoms with Crippen molar-refractivity contribution in [1.29, 1.82) is 0 Å². The first-order valence-corrected chi connectivity index (χ1v) is 9.78. The third kappa shape index (κ3) is 5.64. The van der Waals surface area contributed by atoms with E-state index in [2.05, 4.69) is 10.6 Å². The van der Waals surface area contributed by atoms with Crippen molar-refractivity contribution in [3.8, 4) is 0 Å². The smallest absolute Gasteiger partial charge is 0.352 e. The molecule has 0 atom stereocenters. The summed E-state index contributed by atoms with van der Waals surface area (Å²) >= 11 is 17.5. The van der Waals surface area contributed by atoms with Crippen LogP contribution in [-0.2, 0) is 17.0 Å². The summed E-state index contributed by atoms with van der Waals surface area (Å²) in [6, 6.07) is 4.04. The van der Waals surface area contributed by atoms with Crippen LogP contribution in [0.25, 0.3) is 0 Å². The molecule has 0 aliphatic rings. The Morgan fingerprint density at radius 3 is 1.79 bits per heavy atom. The minimum absolute atomic E-state index is 0.0680. The van der Waals surface area contributed by atoms with E-state index in [1.807, 2.05) is 0 Å². The maximum atomic E-state index is 14.3. The summed E-state index contributed by atoms with van der Waals surface area (Å²) in [7, 11) is 0. The topological polar surface area (TPSA) is 58.2 Å². The van der Waals surface area contributed by atoms with E-state index >= 15 is 0 Å². The number of halogens is 10. The van der Waals surface area contributed by atoms with Gasteiger partial charge in [-0.2, -0.15) is 26.3 Å². The van der Waals surface area contributed by atoms with E-state index in [1.54, 1.807) is 0 Å². The zero-order valence-electron chi connectivity index (χ0n) is 16.2. The second-order valence-electron chi connectivity index (χ2n) is 6.64. The second-order valence-corrected chi connectivity index (χ2v) is 7.86. The third-order valence-corrected chi connectivity index (χ3v) is 5.25. The Hall–Kier alpha value is -2.24. The summed E-state index contributed by atoms with van der Waals surface area (Å²) in [5.74, 6) is -1.24. The number of alkyl halides is 7. The molecule has 0 aliphatic carbocycles. The van der Waals surface area contributed by atoms with Gasteiger partial charge in [-0.1, -0.05) is 40.9 Å². The molecule has 14 heteroatoms. The number of carbonyl (C=O) groups is 2. The molecule has 0 aromatic heterocycles. The minimum atomic E-state index is -6.36. The summed E-state index contributed by atoms with van der Waals surface area (Å²) in [5.41, 5.74) is -7.80.